The van der Waals surface area contributed by atoms with Gasteiger partial charge in [-0.1, -0.05) is 18.2 Å². The van der Waals surface area contributed by atoms with Gasteiger partial charge in [-0.2, -0.15) is 0 Å². The highest BCUT2D eigenvalue weighted by Crippen LogP contribution is 2.38. The van der Waals surface area contributed by atoms with Crippen molar-refractivity contribution in [3.05, 3.63) is 52.6 Å². The third-order valence-corrected chi connectivity index (χ3v) is 6.73. The standard InChI is InChI=1S/C19H21BN2O5S/c23-19(22-28(26,27)15-7-3-6-14(11-15)20(24)25)21-18-16-8-1-4-12(16)10-13-5-2-9-17(13)18/h3,6-7,10-11,24-25H,1-2,4-5,8-9H2,(H2,21,22,23). The van der Waals surface area contributed by atoms with Gasteiger partial charge in [0.15, 0.2) is 0 Å². The van der Waals surface area contributed by atoms with Gasteiger partial charge in [0.1, 0.15) is 0 Å². The van der Waals surface area contributed by atoms with E-state index in [9.17, 15) is 23.3 Å². The van der Waals surface area contributed by atoms with Gasteiger partial charge >= 0.3 is 13.1 Å². The zero-order chi connectivity index (χ0) is 19.9. The lowest BCUT2D eigenvalue weighted by Crippen LogP contribution is -2.36. The molecular weight excluding hydrogens is 379 g/mol. The van der Waals surface area contributed by atoms with Crippen molar-refractivity contribution < 1.29 is 23.3 Å². The first-order valence-electron chi connectivity index (χ1n) is 9.31. The zero-order valence-corrected chi connectivity index (χ0v) is 16.1. The average molecular weight is 400 g/mol. The summed E-state index contributed by atoms with van der Waals surface area (Å²) in [5, 5.41) is 21.2. The molecule has 0 fully saturated rings. The van der Waals surface area contributed by atoms with Crippen LogP contribution >= 0.6 is 0 Å². The van der Waals surface area contributed by atoms with E-state index in [4.69, 9.17) is 0 Å². The fourth-order valence-corrected chi connectivity index (χ4v) is 5.09. The molecule has 0 radical (unpaired) electrons. The molecule has 0 aliphatic heterocycles. The maximum atomic E-state index is 12.5. The molecule has 0 saturated heterocycles. The van der Waals surface area contributed by atoms with Crippen molar-refractivity contribution in [2.75, 3.05) is 5.32 Å². The zero-order valence-electron chi connectivity index (χ0n) is 15.2. The summed E-state index contributed by atoms with van der Waals surface area (Å²) in [6, 6.07) is 6.61. The average Bonchev–Trinajstić information content (AvgIpc) is 3.30. The number of carbonyl (C=O) groups excluding carboxylic acids is 1. The number of carbonyl (C=O) groups is 1. The summed E-state index contributed by atoms with van der Waals surface area (Å²) in [6.45, 7) is 0. The van der Waals surface area contributed by atoms with Crippen LogP contribution < -0.4 is 15.5 Å². The summed E-state index contributed by atoms with van der Waals surface area (Å²) in [6.07, 6.45) is 5.77. The van der Waals surface area contributed by atoms with E-state index in [2.05, 4.69) is 11.4 Å². The van der Waals surface area contributed by atoms with Crippen LogP contribution in [0.1, 0.15) is 35.1 Å². The predicted octanol–water partition coefficient (Wildman–Crippen LogP) is 0.854. The second-order valence-corrected chi connectivity index (χ2v) is 8.92. The van der Waals surface area contributed by atoms with Crippen LogP contribution in [-0.4, -0.2) is 31.6 Å². The number of nitrogens with one attached hydrogen (secondary N) is 2. The Balaban J connectivity index is 1.58. The van der Waals surface area contributed by atoms with Gasteiger partial charge < -0.3 is 15.4 Å². The highest BCUT2D eigenvalue weighted by molar-refractivity contribution is 7.90. The van der Waals surface area contributed by atoms with Crippen molar-refractivity contribution in [1.82, 2.24) is 4.72 Å². The number of anilines is 1. The van der Waals surface area contributed by atoms with Crippen LogP contribution in [-0.2, 0) is 35.7 Å². The first kappa shape index (κ1) is 19.0. The Morgan fingerprint density at radius 1 is 0.964 bits per heavy atom. The molecule has 2 aliphatic carbocycles. The summed E-state index contributed by atoms with van der Waals surface area (Å²) in [7, 11) is -5.94. The van der Waals surface area contributed by atoms with E-state index >= 15 is 0 Å². The number of aryl methyl sites for hydroxylation is 2. The quantitative estimate of drug-likeness (QED) is 0.568. The summed E-state index contributed by atoms with van der Waals surface area (Å²) in [5.41, 5.74) is 5.49. The van der Waals surface area contributed by atoms with E-state index in [1.165, 1.54) is 29.3 Å². The molecule has 4 N–H and O–H groups in total. The molecule has 28 heavy (non-hydrogen) atoms. The first-order valence-corrected chi connectivity index (χ1v) is 10.8. The molecular formula is C19H21BN2O5S. The molecule has 0 atom stereocenters. The maximum Gasteiger partial charge on any atom is 0.488 e. The van der Waals surface area contributed by atoms with Crippen molar-refractivity contribution in [3.63, 3.8) is 0 Å². The van der Waals surface area contributed by atoms with Crippen LogP contribution in [0.15, 0.2) is 35.2 Å². The van der Waals surface area contributed by atoms with Gasteiger partial charge in [0, 0.05) is 5.69 Å². The van der Waals surface area contributed by atoms with E-state index in [1.807, 2.05) is 4.72 Å². The van der Waals surface area contributed by atoms with Crippen molar-refractivity contribution in [2.24, 2.45) is 0 Å². The highest BCUT2D eigenvalue weighted by atomic mass is 32.2. The van der Waals surface area contributed by atoms with Crippen molar-refractivity contribution in [2.45, 2.75) is 43.4 Å². The molecule has 2 aliphatic rings. The van der Waals surface area contributed by atoms with E-state index in [1.54, 1.807) is 0 Å². The molecule has 0 saturated carbocycles. The second-order valence-electron chi connectivity index (χ2n) is 7.24. The Hall–Kier alpha value is -2.36. The minimum atomic E-state index is -4.15. The van der Waals surface area contributed by atoms with Gasteiger partial charge in [0.2, 0.25) is 0 Å². The Morgan fingerprint density at radius 2 is 1.61 bits per heavy atom. The molecule has 0 heterocycles. The number of benzene rings is 2. The minimum Gasteiger partial charge on any atom is -0.423 e. The van der Waals surface area contributed by atoms with Gasteiger partial charge in [0.25, 0.3) is 10.0 Å². The Morgan fingerprint density at radius 3 is 2.21 bits per heavy atom. The Labute approximate surface area is 164 Å². The number of sulfonamides is 1. The van der Waals surface area contributed by atoms with Crippen molar-refractivity contribution in [3.8, 4) is 0 Å². The molecule has 2 aromatic carbocycles. The summed E-state index contributed by atoms with van der Waals surface area (Å²) in [5.74, 6) is 0. The molecule has 0 unspecified atom stereocenters. The highest BCUT2D eigenvalue weighted by Gasteiger charge is 2.26. The van der Waals surface area contributed by atoms with Gasteiger partial charge in [-0.25, -0.2) is 17.9 Å². The number of fused-ring (bicyclic) bond motifs is 2. The van der Waals surface area contributed by atoms with Crippen LogP contribution in [0.25, 0.3) is 0 Å². The SMILES string of the molecule is O=C(Nc1c2c(cc3c1CCC3)CCC2)NS(=O)(=O)c1cccc(B(O)O)c1. The van der Waals surface area contributed by atoms with Gasteiger partial charge in [-0.15, -0.1) is 0 Å². The first-order chi connectivity index (χ1) is 13.3. The largest absolute Gasteiger partial charge is 0.488 e. The van der Waals surface area contributed by atoms with Crippen LogP contribution in [0.2, 0.25) is 0 Å². The summed E-state index contributed by atoms with van der Waals surface area (Å²) < 4.78 is 27.1. The Bertz CT molecular complexity index is 1020. The van der Waals surface area contributed by atoms with E-state index in [-0.39, 0.29) is 10.4 Å². The lowest BCUT2D eigenvalue weighted by Gasteiger charge is -2.16. The molecule has 0 spiro atoms. The van der Waals surface area contributed by atoms with Gasteiger partial charge in [0.05, 0.1) is 4.90 Å². The van der Waals surface area contributed by atoms with Crippen molar-refractivity contribution >= 4 is 34.3 Å². The molecule has 9 heteroatoms. The lowest BCUT2D eigenvalue weighted by atomic mass is 9.81. The van der Waals surface area contributed by atoms with Crippen LogP contribution in [0, 0.1) is 0 Å². The summed E-state index contributed by atoms with van der Waals surface area (Å²) >= 11 is 0. The molecule has 146 valence electrons. The van der Waals surface area contributed by atoms with Crippen molar-refractivity contribution in [1.29, 1.82) is 0 Å². The lowest BCUT2D eigenvalue weighted by molar-refractivity contribution is 0.256. The molecule has 2 aromatic rings. The number of amides is 2. The third kappa shape index (κ3) is 3.53. The second kappa shape index (κ2) is 7.23. The van der Waals surface area contributed by atoms with Gasteiger partial charge in [-0.3, -0.25) is 0 Å². The molecule has 7 nitrogen and oxygen atoms in total. The monoisotopic (exact) mass is 400 g/mol. The van der Waals surface area contributed by atoms with E-state index < -0.39 is 23.2 Å². The third-order valence-electron chi connectivity index (χ3n) is 5.41. The fraction of sp³-hybridized carbons (Fsp3) is 0.316. The topological polar surface area (TPSA) is 116 Å². The van der Waals surface area contributed by atoms with Crippen LogP contribution in [0.3, 0.4) is 0 Å². The number of hydrogen-bond acceptors (Lipinski definition) is 5. The smallest absolute Gasteiger partial charge is 0.423 e. The van der Waals surface area contributed by atoms with Crippen LogP contribution in [0.5, 0.6) is 0 Å². The molecule has 0 bridgehead atoms. The minimum absolute atomic E-state index is 0.0296. The number of urea groups is 1. The number of rotatable bonds is 4. The van der Waals surface area contributed by atoms with E-state index in [0.717, 1.165) is 61.4 Å². The normalized spacial score (nSPS) is 15.1. The molecule has 4 rings (SSSR count). The molecule has 2 amide bonds. The predicted molar refractivity (Wildman–Crippen MR) is 106 cm³/mol. The van der Waals surface area contributed by atoms with Gasteiger partial charge in [-0.05, 0) is 78.4 Å². The van der Waals surface area contributed by atoms with E-state index in [0.29, 0.717) is 0 Å². The van der Waals surface area contributed by atoms with Crippen LogP contribution in [0.4, 0.5) is 10.5 Å². The Kier molecular flexibility index (Phi) is 4.90. The maximum absolute atomic E-state index is 12.5. The molecule has 0 aromatic heterocycles. The fourth-order valence-electron chi connectivity index (χ4n) is 4.13. The number of hydrogen-bond donors (Lipinski definition) is 4. The summed E-state index contributed by atoms with van der Waals surface area (Å²) in [4.78, 5) is 12.3.